The molecule has 2 aromatic heterocycles. The van der Waals surface area contributed by atoms with Crippen molar-refractivity contribution in [1.29, 1.82) is 0 Å². The molecular weight excluding hydrogens is 815 g/mol. The molecule has 0 radical (unpaired) electrons. The van der Waals surface area contributed by atoms with Gasteiger partial charge in [-0.05, 0) is 47.9 Å². The van der Waals surface area contributed by atoms with Crippen molar-refractivity contribution in [3.63, 3.8) is 0 Å². The molecule has 2 aliphatic rings. The zero-order valence-electron chi connectivity index (χ0n) is 35.7. The Morgan fingerprint density at radius 1 is 0.656 bits per heavy atom. The minimum absolute atomic E-state index is 0.236. The summed E-state index contributed by atoms with van der Waals surface area (Å²) in [5.74, 6) is 0.168. The number of methoxy groups -OCH3 is 1. The van der Waals surface area contributed by atoms with E-state index in [9.17, 15) is 24.0 Å². The van der Waals surface area contributed by atoms with Crippen LogP contribution in [0.1, 0.15) is 83.2 Å². The summed E-state index contributed by atoms with van der Waals surface area (Å²) in [5.41, 5.74) is 6.27. The Kier molecular flexibility index (Phi) is 12.8. The van der Waals surface area contributed by atoms with Gasteiger partial charge in [-0.15, -0.1) is 0 Å². The van der Waals surface area contributed by atoms with Gasteiger partial charge in [0, 0.05) is 38.3 Å². The fourth-order valence-corrected chi connectivity index (χ4v) is 8.47. The molecule has 2 aliphatic heterocycles. The van der Waals surface area contributed by atoms with Gasteiger partial charge in [-0.25, -0.2) is 19.6 Å². The van der Waals surface area contributed by atoms with E-state index < -0.39 is 30.4 Å². The number of amides is 5. The highest BCUT2D eigenvalue weighted by atomic mass is 16.6. The van der Waals surface area contributed by atoms with Crippen molar-refractivity contribution >= 4 is 29.9 Å². The number of H-pyrrole nitrogens is 2. The second-order valence-electron chi connectivity index (χ2n) is 15.6. The molecule has 5 N–H and O–H groups in total. The van der Waals surface area contributed by atoms with Gasteiger partial charge in [-0.3, -0.25) is 14.4 Å². The first-order chi connectivity index (χ1) is 31.2. The van der Waals surface area contributed by atoms with Crippen LogP contribution in [0.5, 0.6) is 0 Å². The lowest BCUT2D eigenvalue weighted by molar-refractivity contribution is -0.142. The highest BCUT2D eigenvalue weighted by Gasteiger charge is 2.40. The van der Waals surface area contributed by atoms with Crippen LogP contribution in [0.2, 0.25) is 0 Å². The summed E-state index contributed by atoms with van der Waals surface area (Å²) in [6.45, 7) is 0.957. The number of rotatable bonds is 12. The Balaban J connectivity index is 0.980. The first kappa shape index (κ1) is 42.9. The van der Waals surface area contributed by atoms with Crippen LogP contribution in [0.15, 0.2) is 115 Å². The van der Waals surface area contributed by atoms with E-state index >= 15 is 0 Å². The number of alkyl carbamates (subject to hydrolysis) is 2. The van der Waals surface area contributed by atoms with Crippen LogP contribution >= 0.6 is 0 Å². The molecule has 16 heteroatoms. The maximum atomic E-state index is 14.1. The standard InChI is InChI=1S/C48H49N9O7/c1-49-44(58)40-38(53-43(54-40)37-17-11-27-57(37)46(60)41(64-47(61)50-2)34-14-8-5-9-15-34)33-24-20-30(21-25-33)29-18-22-31(23-19-29)35-28-51-42(52-35)36-16-10-26-56(36)45(59)39(55-48(62)63-3)32-12-6-4-7-13-32/h4-9,12-15,18-25,28,36-37,39,41H,10-11,16-17,26-27H2,1-3H3,(H,49,58)(H,50,61)(H,51,52)(H,53,54)(H,55,62)/t36-,37-,39+,41+/m0/s1. The predicted octanol–water partition coefficient (Wildman–Crippen LogP) is 7.02. The second kappa shape index (κ2) is 19.1. The van der Waals surface area contributed by atoms with Crippen LogP contribution in [-0.2, 0) is 19.1 Å². The molecule has 4 heterocycles. The maximum Gasteiger partial charge on any atom is 0.408 e. The molecule has 0 unspecified atom stereocenters. The topological polar surface area (TPSA) is 204 Å². The number of aromatic amines is 2. The number of aromatic nitrogens is 4. The van der Waals surface area contributed by atoms with Crippen molar-refractivity contribution in [2.45, 2.75) is 49.9 Å². The number of ether oxygens (including phenoxy) is 2. The number of nitrogens with zero attached hydrogens (tertiary/aromatic N) is 4. The Hall–Kier alpha value is -7.75. The first-order valence-corrected chi connectivity index (χ1v) is 21.2. The number of hydrogen-bond donors (Lipinski definition) is 5. The molecule has 16 nitrogen and oxygen atoms in total. The molecule has 64 heavy (non-hydrogen) atoms. The van der Waals surface area contributed by atoms with Gasteiger partial charge >= 0.3 is 12.2 Å². The monoisotopic (exact) mass is 863 g/mol. The Morgan fingerprint density at radius 3 is 1.81 bits per heavy atom. The first-order valence-electron chi connectivity index (χ1n) is 21.2. The zero-order valence-corrected chi connectivity index (χ0v) is 35.7. The van der Waals surface area contributed by atoms with Crippen LogP contribution in [0.3, 0.4) is 0 Å². The van der Waals surface area contributed by atoms with Crippen molar-refractivity contribution in [2.24, 2.45) is 0 Å². The predicted molar refractivity (Wildman–Crippen MR) is 237 cm³/mol. The van der Waals surface area contributed by atoms with Gasteiger partial charge in [0.05, 0.1) is 31.1 Å². The van der Waals surface area contributed by atoms with Crippen molar-refractivity contribution in [1.82, 2.24) is 45.7 Å². The number of carbonyl (C=O) groups is 5. The quantitative estimate of drug-likeness (QED) is 0.0857. The molecule has 0 bridgehead atoms. The lowest BCUT2D eigenvalue weighted by Gasteiger charge is -2.28. The normalized spacial score (nSPS) is 16.7. The molecule has 6 aromatic rings. The van der Waals surface area contributed by atoms with Gasteiger partial charge in [0.1, 0.15) is 29.1 Å². The fourth-order valence-electron chi connectivity index (χ4n) is 8.47. The molecule has 0 spiro atoms. The Morgan fingerprint density at radius 2 is 1.22 bits per heavy atom. The molecule has 0 saturated carbocycles. The van der Waals surface area contributed by atoms with E-state index in [1.54, 1.807) is 59.4 Å². The summed E-state index contributed by atoms with van der Waals surface area (Å²) < 4.78 is 10.4. The van der Waals surface area contributed by atoms with Gasteiger partial charge in [-0.2, -0.15) is 0 Å². The molecule has 4 aromatic carbocycles. The van der Waals surface area contributed by atoms with Gasteiger partial charge in [0.2, 0.25) is 6.10 Å². The van der Waals surface area contributed by atoms with Gasteiger partial charge in [0.25, 0.3) is 17.7 Å². The summed E-state index contributed by atoms with van der Waals surface area (Å²) in [6, 6.07) is 32.1. The average molecular weight is 864 g/mol. The smallest absolute Gasteiger partial charge is 0.408 e. The third kappa shape index (κ3) is 8.93. The highest BCUT2D eigenvalue weighted by Crippen LogP contribution is 2.37. The summed E-state index contributed by atoms with van der Waals surface area (Å²) in [5, 5.41) is 7.83. The summed E-state index contributed by atoms with van der Waals surface area (Å²) in [6.07, 6.45) is 2.02. The van der Waals surface area contributed by atoms with E-state index in [4.69, 9.17) is 19.4 Å². The van der Waals surface area contributed by atoms with Gasteiger partial charge in [-0.1, -0.05) is 109 Å². The molecular formula is C48H49N9O7. The van der Waals surface area contributed by atoms with Crippen molar-refractivity contribution < 1.29 is 33.4 Å². The largest absolute Gasteiger partial charge is 0.453 e. The van der Waals surface area contributed by atoms with E-state index in [-0.39, 0.29) is 29.5 Å². The van der Waals surface area contributed by atoms with Crippen LogP contribution in [0.4, 0.5) is 9.59 Å². The summed E-state index contributed by atoms with van der Waals surface area (Å²) in [4.78, 5) is 85.5. The van der Waals surface area contributed by atoms with E-state index in [1.807, 2.05) is 72.8 Å². The molecule has 328 valence electrons. The fraction of sp³-hybridized carbons (Fsp3) is 0.271. The van der Waals surface area contributed by atoms with E-state index in [2.05, 4.69) is 25.9 Å². The van der Waals surface area contributed by atoms with Crippen molar-refractivity contribution in [3.05, 3.63) is 144 Å². The number of imidazole rings is 2. The maximum absolute atomic E-state index is 14.1. The van der Waals surface area contributed by atoms with E-state index in [0.717, 1.165) is 35.2 Å². The Bertz CT molecular complexity index is 2610. The molecule has 0 aliphatic carbocycles. The van der Waals surface area contributed by atoms with Gasteiger partial charge in [0.15, 0.2) is 0 Å². The van der Waals surface area contributed by atoms with E-state index in [1.165, 1.54) is 14.2 Å². The molecule has 2 saturated heterocycles. The number of carbonyl (C=O) groups excluding carboxylic acids is 5. The Labute approximate surface area is 369 Å². The zero-order chi connectivity index (χ0) is 44.7. The lowest BCUT2D eigenvalue weighted by Crippen LogP contribution is -2.42. The summed E-state index contributed by atoms with van der Waals surface area (Å²) in [7, 11) is 4.26. The lowest BCUT2D eigenvalue weighted by atomic mass is 10.0. The highest BCUT2D eigenvalue weighted by molar-refractivity contribution is 5.98. The van der Waals surface area contributed by atoms with Crippen LogP contribution < -0.4 is 16.0 Å². The molecule has 2 fully saturated rings. The van der Waals surface area contributed by atoms with E-state index in [0.29, 0.717) is 60.0 Å². The molecule has 5 amide bonds. The molecule has 4 atom stereocenters. The average Bonchev–Trinajstić information content (AvgIpc) is 4.20. The molecule has 8 rings (SSSR count). The summed E-state index contributed by atoms with van der Waals surface area (Å²) >= 11 is 0. The minimum Gasteiger partial charge on any atom is -0.453 e. The third-order valence-corrected chi connectivity index (χ3v) is 11.7. The second-order valence-corrected chi connectivity index (χ2v) is 15.6. The SMILES string of the molecule is CNC(=O)O[C@@H](C(=O)N1CCC[C@H]1c1nc(-c2ccc(-c3ccc(-c4cnc([C@@H]5CCCN5C(=O)[C@H](NC(=O)OC)c5ccccc5)[nH]4)cc3)cc2)c(C(=O)NC)[nH]1)c1ccccc1. The number of benzene rings is 4. The number of likely N-dealkylation sites (tertiary alicyclic amines) is 2. The third-order valence-electron chi connectivity index (χ3n) is 11.7. The van der Waals surface area contributed by atoms with Crippen molar-refractivity contribution in [3.8, 4) is 33.6 Å². The van der Waals surface area contributed by atoms with Crippen LogP contribution in [-0.4, -0.2) is 93.9 Å². The van der Waals surface area contributed by atoms with Gasteiger partial charge < -0.3 is 45.2 Å². The minimum atomic E-state index is -1.16. The van der Waals surface area contributed by atoms with Crippen LogP contribution in [0.25, 0.3) is 33.6 Å². The number of nitrogens with one attached hydrogen (secondary N) is 5. The van der Waals surface area contributed by atoms with Crippen molar-refractivity contribution in [2.75, 3.05) is 34.3 Å². The number of hydrogen-bond acceptors (Lipinski definition) is 9. The van der Waals surface area contributed by atoms with Crippen LogP contribution in [0, 0.1) is 0 Å².